The predicted octanol–water partition coefficient (Wildman–Crippen LogP) is 0.367. The van der Waals surface area contributed by atoms with E-state index >= 15 is 0 Å². The van der Waals surface area contributed by atoms with Crippen LogP contribution in [-0.4, -0.2) is 14.6 Å². The standard InChI is InChI=1S/C4H5N3S2/c5-4(8)1-3-2-9-7-6-3/h2H,1H2,(H2,5,8). The number of nitrogens with two attached hydrogens (primary N) is 1. The Balaban J connectivity index is 2.58. The molecule has 1 aromatic heterocycles. The van der Waals surface area contributed by atoms with Crippen LogP contribution in [0.3, 0.4) is 0 Å². The zero-order valence-electron chi connectivity index (χ0n) is 4.57. The molecule has 0 atom stereocenters. The molecule has 0 bridgehead atoms. The minimum Gasteiger partial charge on any atom is -0.393 e. The Morgan fingerprint density at radius 2 is 2.67 bits per heavy atom. The van der Waals surface area contributed by atoms with E-state index in [1.165, 1.54) is 11.5 Å². The molecule has 0 spiro atoms. The molecule has 0 amide bonds. The molecule has 0 unspecified atom stereocenters. The first-order chi connectivity index (χ1) is 4.29. The highest BCUT2D eigenvalue weighted by atomic mass is 32.1. The summed E-state index contributed by atoms with van der Waals surface area (Å²) in [6, 6.07) is 0. The topological polar surface area (TPSA) is 51.8 Å². The molecule has 1 aromatic rings. The Morgan fingerprint density at radius 3 is 3.11 bits per heavy atom. The molecule has 0 aliphatic heterocycles. The van der Waals surface area contributed by atoms with Crippen molar-refractivity contribution in [3.05, 3.63) is 11.1 Å². The Kier molecular flexibility index (Phi) is 2.07. The lowest BCUT2D eigenvalue weighted by Gasteiger charge is -1.87. The third-order valence-corrected chi connectivity index (χ3v) is 1.46. The van der Waals surface area contributed by atoms with Gasteiger partial charge in [0.05, 0.1) is 10.7 Å². The summed E-state index contributed by atoms with van der Waals surface area (Å²) in [6.07, 6.45) is 0.561. The molecule has 0 fully saturated rings. The number of thiocarbonyl (C=S) groups is 1. The van der Waals surface area contributed by atoms with Gasteiger partial charge in [-0.15, -0.1) is 5.10 Å². The number of aromatic nitrogens is 2. The average molecular weight is 159 g/mol. The van der Waals surface area contributed by atoms with Gasteiger partial charge in [-0.25, -0.2) is 0 Å². The fraction of sp³-hybridized carbons (Fsp3) is 0.250. The van der Waals surface area contributed by atoms with Gasteiger partial charge in [0.2, 0.25) is 0 Å². The highest BCUT2D eigenvalue weighted by Gasteiger charge is 1.95. The zero-order valence-corrected chi connectivity index (χ0v) is 6.21. The van der Waals surface area contributed by atoms with Gasteiger partial charge in [-0.3, -0.25) is 0 Å². The second kappa shape index (κ2) is 2.84. The average Bonchev–Trinajstić information content (AvgIpc) is 2.15. The second-order valence-electron chi connectivity index (χ2n) is 1.54. The van der Waals surface area contributed by atoms with Crippen LogP contribution < -0.4 is 5.73 Å². The van der Waals surface area contributed by atoms with Gasteiger partial charge in [-0.1, -0.05) is 16.7 Å². The number of hydrogen-bond acceptors (Lipinski definition) is 4. The van der Waals surface area contributed by atoms with Crippen LogP contribution in [-0.2, 0) is 6.42 Å². The Morgan fingerprint density at radius 1 is 1.89 bits per heavy atom. The molecule has 1 heterocycles. The molecule has 48 valence electrons. The van der Waals surface area contributed by atoms with E-state index in [2.05, 4.69) is 21.8 Å². The molecule has 0 aromatic carbocycles. The Hall–Kier alpha value is -0.550. The summed E-state index contributed by atoms with van der Waals surface area (Å²) >= 11 is 5.96. The third kappa shape index (κ3) is 2.03. The molecular weight excluding hydrogens is 154 g/mol. The van der Waals surface area contributed by atoms with E-state index < -0.39 is 0 Å². The molecule has 0 saturated carbocycles. The third-order valence-electron chi connectivity index (χ3n) is 0.761. The monoisotopic (exact) mass is 159 g/mol. The summed E-state index contributed by atoms with van der Waals surface area (Å²) in [7, 11) is 0. The van der Waals surface area contributed by atoms with E-state index in [9.17, 15) is 0 Å². The van der Waals surface area contributed by atoms with Crippen molar-refractivity contribution in [2.24, 2.45) is 5.73 Å². The van der Waals surface area contributed by atoms with Gasteiger partial charge in [0.15, 0.2) is 0 Å². The molecule has 0 aliphatic carbocycles. The normalized spacial score (nSPS) is 9.33. The fourth-order valence-corrected chi connectivity index (χ4v) is 1.04. The second-order valence-corrected chi connectivity index (χ2v) is 2.67. The lowest BCUT2D eigenvalue weighted by Crippen LogP contribution is -2.11. The van der Waals surface area contributed by atoms with E-state index in [4.69, 9.17) is 5.73 Å². The van der Waals surface area contributed by atoms with Gasteiger partial charge in [0, 0.05) is 11.8 Å². The van der Waals surface area contributed by atoms with Crippen LogP contribution in [0.15, 0.2) is 5.38 Å². The quantitative estimate of drug-likeness (QED) is 0.633. The molecule has 0 radical (unpaired) electrons. The molecule has 0 aliphatic rings. The molecule has 0 saturated heterocycles. The summed E-state index contributed by atoms with van der Waals surface area (Å²) in [5.41, 5.74) is 6.11. The largest absolute Gasteiger partial charge is 0.393 e. The summed E-state index contributed by atoms with van der Waals surface area (Å²) in [6.45, 7) is 0. The van der Waals surface area contributed by atoms with E-state index in [1.807, 2.05) is 5.38 Å². The van der Waals surface area contributed by atoms with Crippen molar-refractivity contribution in [3.8, 4) is 0 Å². The molecule has 3 nitrogen and oxygen atoms in total. The van der Waals surface area contributed by atoms with Gasteiger partial charge >= 0.3 is 0 Å². The maximum atomic E-state index is 5.25. The van der Waals surface area contributed by atoms with E-state index in [0.717, 1.165) is 5.69 Å². The van der Waals surface area contributed by atoms with Crippen molar-refractivity contribution >= 4 is 28.7 Å². The maximum Gasteiger partial charge on any atom is 0.0822 e. The first-order valence-corrected chi connectivity index (χ1v) is 3.58. The SMILES string of the molecule is NC(=S)Cc1csnn1. The van der Waals surface area contributed by atoms with Crippen LogP contribution >= 0.6 is 23.8 Å². The van der Waals surface area contributed by atoms with Crippen molar-refractivity contribution in [1.29, 1.82) is 0 Å². The zero-order chi connectivity index (χ0) is 6.69. The maximum absolute atomic E-state index is 5.25. The van der Waals surface area contributed by atoms with Crippen LogP contribution in [0.25, 0.3) is 0 Å². The predicted molar refractivity (Wildman–Crippen MR) is 40.4 cm³/mol. The van der Waals surface area contributed by atoms with Crippen molar-refractivity contribution in [2.45, 2.75) is 6.42 Å². The van der Waals surface area contributed by atoms with Crippen molar-refractivity contribution in [2.75, 3.05) is 0 Å². The summed E-state index contributed by atoms with van der Waals surface area (Å²) in [5.74, 6) is 0. The molecule has 5 heteroatoms. The molecule has 2 N–H and O–H groups in total. The van der Waals surface area contributed by atoms with Gasteiger partial charge in [0.25, 0.3) is 0 Å². The molecule has 9 heavy (non-hydrogen) atoms. The first-order valence-electron chi connectivity index (χ1n) is 2.33. The summed E-state index contributed by atoms with van der Waals surface area (Å²) in [5, 5.41) is 5.59. The first kappa shape index (κ1) is 6.57. The van der Waals surface area contributed by atoms with Crippen LogP contribution in [0.4, 0.5) is 0 Å². The van der Waals surface area contributed by atoms with Crippen LogP contribution in [0.2, 0.25) is 0 Å². The highest BCUT2D eigenvalue weighted by Crippen LogP contribution is 1.96. The van der Waals surface area contributed by atoms with Crippen molar-refractivity contribution in [3.63, 3.8) is 0 Å². The number of rotatable bonds is 2. The van der Waals surface area contributed by atoms with Gasteiger partial charge in [-0.05, 0) is 11.5 Å². The lowest BCUT2D eigenvalue weighted by atomic mass is 10.3. The summed E-state index contributed by atoms with van der Waals surface area (Å²) < 4.78 is 3.65. The minimum absolute atomic E-state index is 0.461. The Bertz CT molecular complexity index is 194. The van der Waals surface area contributed by atoms with Crippen LogP contribution in [0.5, 0.6) is 0 Å². The Labute approximate surface area is 62.0 Å². The van der Waals surface area contributed by atoms with E-state index in [1.54, 1.807) is 0 Å². The summed E-state index contributed by atoms with van der Waals surface area (Å²) in [4.78, 5) is 0.461. The van der Waals surface area contributed by atoms with Crippen molar-refractivity contribution in [1.82, 2.24) is 9.59 Å². The van der Waals surface area contributed by atoms with E-state index in [0.29, 0.717) is 11.4 Å². The number of hydrogen-bond donors (Lipinski definition) is 1. The minimum atomic E-state index is 0.461. The lowest BCUT2D eigenvalue weighted by molar-refractivity contribution is 1.06. The number of nitrogens with zero attached hydrogens (tertiary/aromatic N) is 2. The highest BCUT2D eigenvalue weighted by molar-refractivity contribution is 7.80. The van der Waals surface area contributed by atoms with Crippen LogP contribution in [0.1, 0.15) is 5.69 Å². The van der Waals surface area contributed by atoms with Crippen LogP contribution in [0, 0.1) is 0 Å². The van der Waals surface area contributed by atoms with E-state index in [-0.39, 0.29) is 0 Å². The fourth-order valence-electron chi connectivity index (χ4n) is 0.440. The molecule has 1 rings (SSSR count). The molecular formula is C4H5N3S2. The van der Waals surface area contributed by atoms with Crippen molar-refractivity contribution < 1.29 is 0 Å². The van der Waals surface area contributed by atoms with Gasteiger partial charge in [-0.2, -0.15) is 0 Å². The smallest absolute Gasteiger partial charge is 0.0822 e. The van der Waals surface area contributed by atoms with Gasteiger partial charge < -0.3 is 5.73 Å². The van der Waals surface area contributed by atoms with Gasteiger partial charge in [0.1, 0.15) is 0 Å².